The van der Waals surface area contributed by atoms with Gasteiger partial charge >= 0.3 is 35.5 Å². The van der Waals surface area contributed by atoms with E-state index in [4.69, 9.17) is 16.3 Å². The molecule has 11 heteroatoms. The Balaban J connectivity index is 0.00000169. The summed E-state index contributed by atoms with van der Waals surface area (Å²) in [5, 5.41) is 48.6. The van der Waals surface area contributed by atoms with Gasteiger partial charge in [0.25, 0.3) is 5.25 Å². The topological polar surface area (TPSA) is 143 Å². The number of aliphatic carboxylic acids is 1. The van der Waals surface area contributed by atoms with Crippen molar-refractivity contribution < 1.29 is 66.0 Å². The summed E-state index contributed by atoms with van der Waals surface area (Å²) in [5.41, 5.74) is -2.10. The number of halogens is 2. The number of hydrogen-bond acceptors (Lipinski definition) is 6. The van der Waals surface area contributed by atoms with E-state index in [1.807, 2.05) is 0 Å². The van der Waals surface area contributed by atoms with Crippen LogP contribution in [-0.2, 0) is 15.1 Å². The van der Waals surface area contributed by atoms with Crippen LogP contribution in [0, 0.1) is 0 Å². The number of hydrogen-bond donors (Lipinski definition) is 6. The Labute approximate surface area is 178 Å². The Bertz CT molecular complexity index is 819. The molecule has 8 nitrogen and oxygen atoms in total. The second-order valence-corrected chi connectivity index (χ2v) is 7.27. The first-order chi connectivity index (χ1) is 11.0. The van der Waals surface area contributed by atoms with Crippen LogP contribution >= 0.6 is 27.5 Å². The Morgan fingerprint density at radius 2 is 1.92 bits per heavy atom. The minimum atomic E-state index is -2.99. The Kier molecular flexibility index (Phi) is 5.70. The predicted molar refractivity (Wildman–Crippen MR) is 86.5 cm³/mol. The number of benzene rings is 1. The summed E-state index contributed by atoms with van der Waals surface area (Å²) >= 11 is 8.22. The molecule has 0 amide bonds. The molecule has 2 aromatic rings. The van der Waals surface area contributed by atoms with Crippen LogP contribution in [0.15, 0.2) is 30.5 Å². The van der Waals surface area contributed by atoms with Crippen molar-refractivity contribution in [1.29, 1.82) is 0 Å². The summed E-state index contributed by atoms with van der Waals surface area (Å²) < 4.78 is 2.06. The zero-order valence-corrected chi connectivity index (χ0v) is 17.2. The number of aliphatic hydroxyl groups is 4. The van der Waals surface area contributed by atoms with Crippen molar-refractivity contribution in [3.05, 3.63) is 36.0 Å². The fourth-order valence-corrected chi connectivity index (χ4v) is 3.50. The molecule has 2 heterocycles. The van der Waals surface area contributed by atoms with Crippen molar-refractivity contribution in [1.82, 2.24) is 4.98 Å². The summed E-state index contributed by atoms with van der Waals surface area (Å²) in [6.45, 7) is 0. The first-order valence-corrected chi connectivity index (χ1v) is 7.90. The molecular formula is C14H14BrClNNaO7. The van der Waals surface area contributed by atoms with E-state index in [0.29, 0.717) is 10.9 Å². The number of alkyl halides is 2. The number of fused-ring (bicyclic) bond motifs is 1. The number of para-hydroxylation sites is 1. The number of aliphatic hydroxyl groups excluding tert-OH is 1. The molecule has 1 aromatic heterocycles. The average Bonchev–Trinajstić information content (AvgIpc) is 2.94. The fraction of sp³-hybridized carbons (Fsp3) is 0.357. The molecule has 0 bridgehead atoms. The van der Waals surface area contributed by atoms with Gasteiger partial charge < -0.3 is 36.7 Å². The molecule has 25 heavy (non-hydrogen) atoms. The number of ether oxygens (including phenoxy) is 1. The first kappa shape index (κ1) is 21.1. The summed E-state index contributed by atoms with van der Waals surface area (Å²) in [6, 6.07) is 6.62. The van der Waals surface area contributed by atoms with Crippen molar-refractivity contribution >= 4 is 44.4 Å². The summed E-state index contributed by atoms with van der Waals surface area (Å²) in [6.07, 6.45) is -3.12. The molecule has 0 radical (unpaired) electrons. The van der Waals surface area contributed by atoms with E-state index < -0.39 is 33.5 Å². The van der Waals surface area contributed by atoms with Crippen molar-refractivity contribution in [2.75, 3.05) is 0 Å². The molecule has 0 spiro atoms. The number of rotatable bonds is 2. The van der Waals surface area contributed by atoms with Crippen molar-refractivity contribution in [2.24, 2.45) is 0 Å². The van der Waals surface area contributed by atoms with Gasteiger partial charge in [0, 0.05) is 22.7 Å². The van der Waals surface area contributed by atoms with Gasteiger partial charge in [-0.3, -0.25) is 0 Å². The van der Waals surface area contributed by atoms with Crippen LogP contribution in [-0.4, -0.2) is 58.5 Å². The number of nitrogens with one attached hydrogen (secondary N) is 1. The van der Waals surface area contributed by atoms with Gasteiger partial charge in [0.05, 0.1) is 0 Å². The van der Waals surface area contributed by atoms with Crippen molar-refractivity contribution in [3.63, 3.8) is 0 Å². The standard InChI is InChI=1S/C14H13BrClNO7.Na.H/c15-13(22)11(20)12(21,9(10(18)19)24-14(13,16)23)7-5-17-8-4-2-1-3-6(7)8;;/h1-5,9,11,17,20-23H,(H,18,19);;/q;+1;-1/t9-,11+,12-,13-,14+;;/m1../s1. The van der Waals surface area contributed by atoms with Crippen LogP contribution < -0.4 is 29.6 Å². The number of aromatic amines is 1. The van der Waals surface area contributed by atoms with Gasteiger partial charge in [-0.25, -0.2) is 4.79 Å². The van der Waals surface area contributed by atoms with E-state index in [1.54, 1.807) is 24.3 Å². The molecule has 1 aromatic carbocycles. The third-order valence-corrected chi connectivity index (χ3v) is 5.71. The molecule has 1 saturated heterocycles. The second-order valence-electron chi connectivity index (χ2n) is 5.55. The molecular weight excluding hydrogens is 433 g/mol. The molecule has 1 fully saturated rings. The van der Waals surface area contributed by atoms with Crippen LogP contribution in [0.2, 0.25) is 0 Å². The Hall–Kier alpha value is -0.200. The minimum absolute atomic E-state index is 0. The first-order valence-electron chi connectivity index (χ1n) is 6.73. The van der Waals surface area contributed by atoms with E-state index in [9.17, 15) is 30.3 Å². The maximum absolute atomic E-state index is 11.6. The zero-order chi connectivity index (χ0) is 17.9. The maximum atomic E-state index is 11.6. The fourth-order valence-electron chi connectivity index (χ4n) is 2.86. The van der Waals surface area contributed by atoms with Gasteiger partial charge in [-0.05, 0) is 22.0 Å². The van der Waals surface area contributed by atoms with Gasteiger partial charge in [0.2, 0.25) is 4.51 Å². The Morgan fingerprint density at radius 3 is 2.52 bits per heavy atom. The summed E-state index contributed by atoms with van der Waals surface area (Å²) in [7, 11) is 0. The summed E-state index contributed by atoms with van der Waals surface area (Å²) in [4.78, 5) is 14.4. The van der Waals surface area contributed by atoms with E-state index in [2.05, 4.69) is 20.9 Å². The normalized spacial score (nSPS) is 38.3. The van der Waals surface area contributed by atoms with Crippen LogP contribution in [0.1, 0.15) is 6.99 Å². The molecule has 5 atom stereocenters. The van der Waals surface area contributed by atoms with Crippen LogP contribution in [0.5, 0.6) is 0 Å². The number of carbonyl (C=O) groups is 1. The molecule has 0 saturated carbocycles. The molecule has 3 rings (SSSR count). The van der Waals surface area contributed by atoms with E-state index in [0.717, 1.165) is 0 Å². The second kappa shape index (κ2) is 6.75. The molecule has 6 N–H and O–H groups in total. The van der Waals surface area contributed by atoms with Gasteiger partial charge in [-0.15, -0.1) is 0 Å². The van der Waals surface area contributed by atoms with Gasteiger partial charge in [-0.1, -0.05) is 29.8 Å². The number of aromatic nitrogens is 1. The molecule has 1 aliphatic heterocycles. The van der Waals surface area contributed by atoms with Crippen molar-refractivity contribution in [3.8, 4) is 0 Å². The minimum Gasteiger partial charge on any atom is -1.00 e. The van der Waals surface area contributed by atoms with Crippen LogP contribution in [0.25, 0.3) is 10.9 Å². The zero-order valence-electron chi connectivity index (χ0n) is 13.8. The van der Waals surface area contributed by atoms with E-state index in [-0.39, 0.29) is 36.5 Å². The SMILES string of the molecule is O=C(O)[C@H]1O[C@](O)(Cl)[C@@](O)(Br)[C@@H](O)[C@@]1(O)c1c[nH]c2ccccc12.[H-].[Na+]. The number of H-pyrrole nitrogens is 1. The van der Waals surface area contributed by atoms with Gasteiger partial charge in [0.15, 0.2) is 11.7 Å². The summed E-state index contributed by atoms with van der Waals surface area (Å²) in [5.74, 6) is -1.69. The molecule has 0 unspecified atom stereocenters. The van der Waals surface area contributed by atoms with Gasteiger partial charge in [0.1, 0.15) is 6.10 Å². The van der Waals surface area contributed by atoms with Crippen LogP contribution in [0.3, 0.4) is 0 Å². The quantitative estimate of drug-likeness (QED) is 0.217. The largest absolute Gasteiger partial charge is 1.00 e. The maximum Gasteiger partial charge on any atom is 1.00 e. The smallest absolute Gasteiger partial charge is 1.00 e. The molecule has 0 aliphatic carbocycles. The third-order valence-electron chi connectivity index (χ3n) is 4.13. The predicted octanol–water partition coefficient (Wildman–Crippen LogP) is -2.72. The Morgan fingerprint density at radius 1 is 1.32 bits per heavy atom. The number of carboxylic acids is 1. The van der Waals surface area contributed by atoms with Gasteiger partial charge in [-0.2, -0.15) is 0 Å². The van der Waals surface area contributed by atoms with Crippen LogP contribution in [0.4, 0.5) is 0 Å². The molecule has 132 valence electrons. The molecule has 1 aliphatic rings. The van der Waals surface area contributed by atoms with Crippen molar-refractivity contribution in [2.45, 2.75) is 27.6 Å². The van der Waals surface area contributed by atoms with E-state index >= 15 is 0 Å². The van der Waals surface area contributed by atoms with E-state index in [1.165, 1.54) is 6.20 Å². The monoisotopic (exact) mass is 445 g/mol. The third kappa shape index (κ3) is 2.96. The number of carboxylic acid groups (broad SMARTS) is 1. The average molecular weight is 447 g/mol.